The van der Waals surface area contributed by atoms with Crippen molar-refractivity contribution in [2.75, 3.05) is 33.3 Å². The number of nitrogens with zero attached hydrogens (tertiary/aromatic N) is 6. The van der Waals surface area contributed by atoms with E-state index in [0.29, 0.717) is 30.5 Å². The van der Waals surface area contributed by atoms with Crippen molar-refractivity contribution in [2.24, 2.45) is 0 Å². The number of rotatable bonds is 7. The van der Waals surface area contributed by atoms with E-state index in [1.807, 2.05) is 41.3 Å². The van der Waals surface area contributed by atoms with Crippen molar-refractivity contribution in [1.29, 1.82) is 0 Å². The number of hydrogen-bond acceptors (Lipinski definition) is 6. The Morgan fingerprint density at radius 3 is 2.57 bits per heavy atom. The molecule has 0 N–H and O–H groups in total. The van der Waals surface area contributed by atoms with Crippen LogP contribution in [0.15, 0.2) is 73.1 Å². The van der Waals surface area contributed by atoms with E-state index < -0.39 is 0 Å². The van der Waals surface area contributed by atoms with Crippen molar-refractivity contribution in [2.45, 2.75) is 25.3 Å². The molecule has 6 rings (SSSR count). The molecule has 0 radical (unpaired) electrons. The maximum Gasteiger partial charge on any atom is 0.257 e. The molecule has 1 amide bonds. The van der Waals surface area contributed by atoms with Gasteiger partial charge < -0.3 is 9.64 Å². The third-order valence-electron chi connectivity index (χ3n) is 7.11. The minimum atomic E-state index is 0.0523. The summed E-state index contributed by atoms with van der Waals surface area (Å²) in [4.78, 5) is 27.3. The van der Waals surface area contributed by atoms with Crippen molar-refractivity contribution in [3.8, 4) is 23.0 Å². The van der Waals surface area contributed by atoms with Crippen molar-refractivity contribution in [3.63, 3.8) is 0 Å². The van der Waals surface area contributed by atoms with E-state index in [1.165, 1.54) is 5.56 Å². The number of piperazine rings is 1. The van der Waals surface area contributed by atoms with Crippen molar-refractivity contribution < 1.29 is 9.53 Å². The van der Waals surface area contributed by atoms with E-state index in [2.05, 4.69) is 39.2 Å². The fraction of sp³-hybridized carbons (Fsp3) is 0.310. The van der Waals surface area contributed by atoms with Crippen LogP contribution in [0.2, 0.25) is 0 Å². The number of ether oxygens (including phenoxy) is 1. The molecule has 0 bridgehead atoms. The summed E-state index contributed by atoms with van der Waals surface area (Å²) >= 11 is 0. The molecule has 0 spiro atoms. The van der Waals surface area contributed by atoms with Gasteiger partial charge in [0.15, 0.2) is 0 Å². The van der Waals surface area contributed by atoms with Gasteiger partial charge in [0.1, 0.15) is 5.75 Å². The number of carbonyl (C=O) groups is 1. The Bertz CT molecular complexity index is 1390. The molecule has 4 aromatic rings. The highest BCUT2D eigenvalue weighted by Crippen LogP contribution is 2.42. The van der Waals surface area contributed by atoms with Crippen LogP contribution in [-0.2, 0) is 6.54 Å². The molecule has 0 unspecified atom stereocenters. The van der Waals surface area contributed by atoms with Gasteiger partial charge in [-0.3, -0.25) is 9.69 Å². The summed E-state index contributed by atoms with van der Waals surface area (Å²) < 4.78 is 7.13. The summed E-state index contributed by atoms with van der Waals surface area (Å²) in [6, 6.07) is 20.1. The summed E-state index contributed by atoms with van der Waals surface area (Å²) in [6.07, 6.45) is 5.54. The minimum Gasteiger partial charge on any atom is -0.497 e. The second-order valence-electron chi connectivity index (χ2n) is 9.66. The summed E-state index contributed by atoms with van der Waals surface area (Å²) in [6.45, 7) is 4.05. The number of amides is 1. The molecule has 2 aromatic carbocycles. The van der Waals surface area contributed by atoms with Crippen LogP contribution in [0, 0.1) is 0 Å². The summed E-state index contributed by atoms with van der Waals surface area (Å²) in [5.74, 6) is 1.61. The Balaban J connectivity index is 1.22. The normalized spacial score (nSPS) is 16.1. The maximum atomic E-state index is 13.6. The van der Waals surface area contributed by atoms with Gasteiger partial charge in [0.05, 0.1) is 30.3 Å². The first-order chi connectivity index (χ1) is 18.2. The molecule has 8 heteroatoms. The highest BCUT2D eigenvalue weighted by Gasteiger charge is 2.35. The molecule has 2 aliphatic rings. The Morgan fingerprint density at radius 1 is 1.00 bits per heavy atom. The highest BCUT2D eigenvalue weighted by atomic mass is 16.5. The fourth-order valence-electron chi connectivity index (χ4n) is 4.95. The zero-order chi connectivity index (χ0) is 25.2. The van der Waals surface area contributed by atoms with E-state index in [9.17, 15) is 4.79 Å². The van der Waals surface area contributed by atoms with E-state index >= 15 is 0 Å². The van der Waals surface area contributed by atoms with Crippen LogP contribution in [0.5, 0.6) is 5.75 Å². The Labute approximate surface area is 216 Å². The molecule has 0 atom stereocenters. The fourth-order valence-corrected chi connectivity index (χ4v) is 4.95. The second-order valence-corrected chi connectivity index (χ2v) is 9.66. The van der Waals surface area contributed by atoms with E-state index in [4.69, 9.17) is 9.72 Å². The molecular weight excluding hydrogens is 464 g/mol. The molecule has 1 aliphatic carbocycles. The van der Waals surface area contributed by atoms with Gasteiger partial charge in [-0.1, -0.05) is 42.5 Å². The molecule has 1 aliphatic heterocycles. The SMILES string of the molecule is COc1cccc(-c2ccnc(-n3ncc(C(=O)N4CCN(Cc5ccccc5)CC4)c3C3CC3)n2)c1. The monoisotopic (exact) mass is 494 g/mol. The molecule has 37 heavy (non-hydrogen) atoms. The van der Waals surface area contributed by atoms with Gasteiger partial charge in [0.25, 0.3) is 11.9 Å². The number of carbonyl (C=O) groups excluding carboxylic acids is 1. The zero-order valence-corrected chi connectivity index (χ0v) is 21.0. The third kappa shape index (κ3) is 4.97. The van der Waals surface area contributed by atoms with Crippen molar-refractivity contribution >= 4 is 5.91 Å². The first kappa shape index (κ1) is 23.4. The molecule has 1 saturated carbocycles. The van der Waals surface area contributed by atoms with Gasteiger partial charge in [0.2, 0.25) is 0 Å². The molecule has 188 valence electrons. The van der Waals surface area contributed by atoms with Crippen molar-refractivity contribution in [3.05, 3.63) is 89.9 Å². The Hall–Kier alpha value is -4.04. The molecule has 2 fully saturated rings. The van der Waals surface area contributed by atoms with E-state index in [-0.39, 0.29) is 5.91 Å². The minimum absolute atomic E-state index is 0.0523. The summed E-state index contributed by atoms with van der Waals surface area (Å²) in [5.41, 5.74) is 4.63. The molecule has 8 nitrogen and oxygen atoms in total. The highest BCUT2D eigenvalue weighted by molar-refractivity contribution is 5.95. The van der Waals surface area contributed by atoms with Crippen LogP contribution in [0.25, 0.3) is 17.2 Å². The predicted molar refractivity (Wildman–Crippen MR) is 141 cm³/mol. The standard InChI is InChI=1S/C29H30N6O2/c1-37-24-9-5-8-23(18-24)26-12-13-30-29(32-26)35-27(22-10-11-22)25(19-31-35)28(36)34-16-14-33(15-17-34)20-21-6-3-2-4-7-21/h2-9,12-13,18-19,22H,10-11,14-17,20H2,1H3. The first-order valence-corrected chi connectivity index (χ1v) is 12.8. The smallest absolute Gasteiger partial charge is 0.257 e. The number of benzene rings is 2. The number of hydrogen-bond donors (Lipinski definition) is 0. The van der Waals surface area contributed by atoms with E-state index in [0.717, 1.165) is 55.2 Å². The van der Waals surface area contributed by atoms with Gasteiger partial charge >= 0.3 is 0 Å². The second kappa shape index (κ2) is 10.1. The van der Waals surface area contributed by atoms with Crippen LogP contribution in [0.3, 0.4) is 0 Å². The van der Waals surface area contributed by atoms with Crippen molar-refractivity contribution in [1.82, 2.24) is 29.5 Å². The molecule has 3 heterocycles. The summed E-state index contributed by atoms with van der Waals surface area (Å²) in [5, 5.41) is 4.61. The lowest BCUT2D eigenvalue weighted by Crippen LogP contribution is -2.48. The van der Waals surface area contributed by atoms with Gasteiger partial charge in [-0.2, -0.15) is 5.10 Å². The Morgan fingerprint density at radius 2 is 1.81 bits per heavy atom. The zero-order valence-electron chi connectivity index (χ0n) is 21.0. The molecule has 2 aromatic heterocycles. The quantitative estimate of drug-likeness (QED) is 0.384. The van der Waals surface area contributed by atoms with Gasteiger partial charge in [-0.25, -0.2) is 14.6 Å². The average Bonchev–Trinajstić information content (AvgIpc) is 3.71. The predicted octanol–water partition coefficient (Wildman–Crippen LogP) is 4.17. The average molecular weight is 495 g/mol. The lowest BCUT2D eigenvalue weighted by atomic mass is 10.1. The number of aromatic nitrogens is 4. The largest absolute Gasteiger partial charge is 0.497 e. The topological polar surface area (TPSA) is 76.4 Å². The van der Waals surface area contributed by atoms with Crippen LogP contribution >= 0.6 is 0 Å². The summed E-state index contributed by atoms with van der Waals surface area (Å²) in [7, 11) is 1.65. The lowest BCUT2D eigenvalue weighted by Gasteiger charge is -2.34. The van der Waals surface area contributed by atoms with Crippen LogP contribution < -0.4 is 4.74 Å². The van der Waals surface area contributed by atoms with Gasteiger partial charge in [-0.05, 0) is 36.6 Å². The molecular formula is C29H30N6O2. The van der Waals surface area contributed by atoms with Gasteiger partial charge in [-0.15, -0.1) is 0 Å². The van der Waals surface area contributed by atoms with Crippen LogP contribution in [0.1, 0.15) is 40.4 Å². The lowest BCUT2D eigenvalue weighted by molar-refractivity contribution is 0.0627. The van der Waals surface area contributed by atoms with Crippen LogP contribution in [-0.4, -0.2) is 68.7 Å². The van der Waals surface area contributed by atoms with E-state index in [1.54, 1.807) is 24.2 Å². The Kier molecular flexibility index (Phi) is 6.40. The molecule has 1 saturated heterocycles. The maximum absolute atomic E-state index is 13.6. The van der Waals surface area contributed by atoms with Gasteiger partial charge in [0, 0.05) is 50.4 Å². The number of methoxy groups -OCH3 is 1. The first-order valence-electron chi connectivity index (χ1n) is 12.8. The third-order valence-corrected chi connectivity index (χ3v) is 7.11. The van der Waals surface area contributed by atoms with Crippen LogP contribution in [0.4, 0.5) is 0 Å².